The molecular formula is C46H90O4. The second-order valence-corrected chi connectivity index (χ2v) is 16.4. The quantitative estimate of drug-likeness (QED) is 0.0473. The largest absolute Gasteiger partial charge is 0.466 e. The topological polar surface area (TPSA) is 44.8 Å². The summed E-state index contributed by atoms with van der Waals surface area (Å²) >= 11 is 0. The average molecular weight is 707 g/mol. The lowest BCUT2D eigenvalue weighted by atomic mass is 9.90. The predicted octanol–water partition coefficient (Wildman–Crippen LogP) is 15.2. The number of esters is 1. The summed E-state index contributed by atoms with van der Waals surface area (Å²) in [6.07, 6.45) is 43.4. The van der Waals surface area contributed by atoms with Crippen LogP contribution in [0.25, 0.3) is 0 Å². The molecule has 2 unspecified atom stereocenters. The minimum absolute atomic E-state index is 0.0323. The maximum absolute atomic E-state index is 12.5. The third kappa shape index (κ3) is 26.2. The Balaban J connectivity index is 2.17. The summed E-state index contributed by atoms with van der Waals surface area (Å²) in [5.41, 5.74) is 0. The Morgan fingerprint density at radius 3 is 1.38 bits per heavy atom. The van der Waals surface area contributed by atoms with Crippen LogP contribution in [0.2, 0.25) is 0 Å². The van der Waals surface area contributed by atoms with Crippen LogP contribution < -0.4 is 0 Å². The minimum Gasteiger partial charge on any atom is -0.466 e. The molecule has 0 aliphatic carbocycles. The zero-order valence-electron chi connectivity index (χ0n) is 34.8. The Labute approximate surface area is 314 Å². The standard InChI is InChI=1S/C46H90O4/c1-6-11-24-32-42(33-25-12-7-2)34-28-20-16-15-17-21-29-37-46(49-41-44(10-5)50-46)38-30-22-18-19-23-31-39-48-45(47)40-43(35-26-13-8-3)36-27-14-9-4/h42-44H,6-41H2,1-5H3. The molecule has 0 amide bonds. The summed E-state index contributed by atoms with van der Waals surface area (Å²) < 4.78 is 18.6. The lowest BCUT2D eigenvalue weighted by Crippen LogP contribution is -2.31. The molecule has 0 aromatic carbocycles. The third-order valence-electron chi connectivity index (χ3n) is 11.6. The molecule has 0 aromatic heterocycles. The molecule has 1 fully saturated rings. The SMILES string of the molecule is CCCCCC(CCCCC)CCCCCCCCCC1(CCCCCCCCOC(=O)CC(CCCCC)CCCCC)OCC(CC)O1. The molecule has 0 spiro atoms. The lowest BCUT2D eigenvalue weighted by molar-refractivity contribution is -0.179. The molecule has 1 aliphatic heterocycles. The molecule has 1 aliphatic rings. The molecule has 50 heavy (non-hydrogen) atoms. The van der Waals surface area contributed by atoms with Crippen LogP contribution in [0, 0.1) is 11.8 Å². The van der Waals surface area contributed by atoms with Crippen LogP contribution in [0.4, 0.5) is 0 Å². The Bertz CT molecular complexity index is 705. The van der Waals surface area contributed by atoms with E-state index in [-0.39, 0.29) is 17.9 Å². The fourth-order valence-electron chi connectivity index (χ4n) is 8.11. The third-order valence-corrected chi connectivity index (χ3v) is 11.6. The van der Waals surface area contributed by atoms with E-state index in [2.05, 4.69) is 34.6 Å². The van der Waals surface area contributed by atoms with Gasteiger partial charge >= 0.3 is 5.97 Å². The molecule has 1 heterocycles. The number of hydrogen-bond acceptors (Lipinski definition) is 4. The highest BCUT2D eigenvalue weighted by molar-refractivity contribution is 5.69. The van der Waals surface area contributed by atoms with Crippen molar-refractivity contribution < 1.29 is 19.0 Å². The van der Waals surface area contributed by atoms with Gasteiger partial charge in [-0.3, -0.25) is 4.79 Å². The van der Waals surface area contributed by atoms with Gasteiger partial charge in [0.2, 0.25) is 0 Å². The van der Waals surface area contributed by atoms with Gasteiger partial charge in [-0.05, 0) is 50.4 Å². The van der Waals surface area contributed by atoms with E-state index >= 15 is 0 Å². The van der Waals surface area contributed by atoms with Crippen LogP contribution >= 0.6 is 0 Å². The number of unbranched alkanes of at least 4 members (excludes halogenated alkanes) is 19. The smallest absolute Gasteiger partial charge is 0.306 e. The van der Waals surface area contributed by atoms with Gasteiger partial charge in [-0.1, -0.05) is 195 Å². The van der Waals surface area contributed by atoms with Crippen molar-refractivity contribution in [2.75, 3.05) is 13.2 Å². The summed E-state index contributed by atoms with van der Waals surface area (Å²) in [7, 11) is 0. The van der Waals surface area contributed by atoms with Gasteiger partial charge in [0.15, 0.2) is 5.79 Å². The Kier molecular flexibility index (Phi) is 32.4. The van der Waals surface area contributed by atoms with Gasteiger partial charge in [0.05, 0.1) is 19.3 Å². The van der Waals surface area contributed by atoms with Crippen LogP contribution in [-0.2, 0) is 19.0 Å². The van der Waals surface area contributed by atoms with Crippen molar-refractivity contribution in [2.45, 2.75) is 265 Å². The lowest BCUT2D eigenvalue weighted by Gasteiger charge is -2.28. The van der Waals surface area contributed by atoms with E-state index in [0.717, 1.165) is 44.6 Å². The first kappa shape index (κ1) is 47.4. The first-order valence-electron chi connectivity index (χ1n) is 23.0. The van der Waals surface area contributed by atoms with Crippen LogP contribution in [0.15, 0.2) is 0 Å². The number of carbonyl (C=O) groups excluding carboxylic acids is 1. The summed E-state index contributed by atoms with van der Waals surface area (Å²) in [5, 5.41) is 0. The van der Waals surface area contributed by atoms with E-state index in [1.807, 2.05) is 0 Å². The van der Waals surface area contributed by atoms with E-state index in [1.54, 1.807) is 0 Å². The van der Waals surface area contributed by atoms with Crippen LogP contribution in [0.5, 0.6) is 0 Å². The Morgan fingerprint density at radius 1 is 0.540 bits per heavy atom. The molecule has 298 valence electrons. The number of rotatable bonds is 38. The normalized spacial score (nSPS) is 17.8. The van der Waals surface area contributed by atoms with Crippen molar-refractivity contribution in [1.82, 2.24) is 0 Å². The van der Waals surface area contributed by atoms with E-state index < -0.39 is 0 Å². The van der Waals surface area contributed by atoms with Crippen molar-refractivity contribution in [3.8, 4) is 0 Å². The fourth-order valence-corrected chi connectivity index (χ4v) is 8.11. The second-order valence-electron chi connectivity index (χ2n) is 16.4. The first-order valence-corrected chi connectivity index (χ1v) is 23.0. The summed E-state index contributed by atoms with van der Waals surface area (Å²) in [5.74, 6) is 1.21. The van der Waals surface area contributed by atoms with Gasteiger partial charge in [-0.2, -0.15) is 0 Å². The maximum Gasteiger partial charge on any atom is 0.306 e. The molecule has 0 aromatic rings. The molecule has 0 bridgehead atoms. The molecular weight excluding hydrogens is 617 g/mol. The highest BCUT2D eigenvalue weighted by Gasteiger charge is 2.39. The number of ether oxygens (including phenoxy) is 3. The molecule has 0 saturated carbocycles. The zero-order valence-corrected chi connectivity index (χ0v) is 34.8. The van der Waals surface area contributed by atoms with E-state index in [1.165, 1.54) is 180 Å². The Morgan fingerprint density at radius 2 is 0.940 bits per heavy atom. The summed E-state index contributed by atoms with van der Waals surface area (Å²) in [4.78, 5) is 12.5. The van der Waals surface area contributed by atoms with Gasteiger partial charge < -0.3 is 14.2 Å². The van der Waals surface area contributed by atoms with Crippen molar-refractivity contribution in [1.29, 1.82) is 0 Å². The van der Waals surface area contributed by atoms with Gasteiger partial charge in [-0.15, -0.1) is 0 Å². The summed E-state index contributed by atoms with van der Waals surface area (Å²) in [6, 6.07) is 0. The fraction of sp³-hybridized carbons (Fsp3) is 0.978. The van der Waals surface area contributed by atoms with Crippen molar-refractivity contribution >= 4 is 5.97 Å². The minimum atomic E-state index is -0.329. The maximum atomic E-state index is 12.5. The van der Waals surface area contributed by atoms with E-state index in [0.29, 0.717) is 18.9 Å². The molecule has 0 radical (unpaired) electrons. The van der Waals surface area contributed by atoms with E-state index in [4.69, 9.17) is 14.2 Å². The number of carbonyl (C=O) groups is 1. The second kappa shape index (κ2) is 34.2. The predicted molar refractivity (Wildman–Crippen MR) is 217 cm³/mol. The monoisotopic (exact) mass is 707 g/mol. The van der Waals surface area contributed by atoms with Crippen molar-refractivity contribution in [3.63, 3.8) is 0 Å². The molecule has 1 rings (SSSR count). The van der Waals surface area contributed by atoms with Gasteiger partial charge in [0.1, 0.15) is 0 Å². The molecule has 1 saturated heterocycles. The molecule has 4 heteroatoms. The highest BCUT2D eigenvalue weighted by Crippen LogP contribution is 2.35. The summed E-state index contributed by atoms with van der Waals surface area (Å²) in [6.45, 7) is 12.7. The highest BCUT2D eigenvalue weighted by atomic mass is 16.7. The average Bonchev–Trinajstić information content (AvgIpc) is 3.53. The van der Waals surface area contributed by atoms with Gasteiger partial charge in [0, 0.05) is 19.3 Å². The van der Waals surface area contributed by atoms with Crippen LogP contribution in [0.1, 0.15) is 253 Å². The first-order chi connectivity index (χ1) is 24.5. The number of hydrogen-bond donors (Lipinski definition) is 0. The molecule has 0 N–H and O–H groups in total. The zero-order chi connectivity index (χ0) is 36.4. The van der Waals surface area contributed by atoms with Gasteiger partial charge in [0.25, 0.3) is 0 Å². The van der Waals surface area contributed by atoms with Crippen molar-refractivity contribution in [3.05, 3.63) is 0 Å². The van der Waals surface area contributed by atoms with Crippen molar-refractivity contribution in [2.24, 2.45) is 11.8 Å². The Hall–Kier alpha value is -0.610. The molecule has 4 nitrogen and oxygen atoms in total. The van der Waals surface area contributed by atoms with Crippen LogP contribution in [0.3, 0.4) is 0 Å². The van der Waals surface area contributed by atoms with Gasteiger partial charge in [-0.25, -0.2) is 0 Å². The van der Waals surface area contributed by atoms with E-state index in [9.17, 15) is 4.79 Å². The van der Waals surface area contributed by atoms with Crippen LogP contribution in [-0.4, -0.2) is 31.1 Å². The molecule has 2 atom stereocenters.